The number of thiophene rings is 1. The summed E-state index contributed by atoms with van der Waals surface area (Å²) in [4.78, 5) is 27.3. The van der Waals surface area contributed by atoms with E-state index < -0.39 is 0 Å². The van der Waals surface area contributed by atoms with Crippen LogP contribution in [-0.2, 0) is 16.1 Å². The van der Waals surface area contributed by atoms with Crippen LogP contribution in [0.4, 0.5) is 0 Å². The van der Waals surface area contributed by atoms with Crippen molar-refractivity contribution in [3.8, 4) is 0 Å². The number of carbonyl (C=O) groups is 2. The van der Waals surface area contributed by atoms with Crippen LogP contribution in [-0.4, -0.2) is 41.8 Å². The first-order valence-electron chi connectivity index (χ1n) is 4.81. The molecule has 0 N–H and O–H groups in total. The third kappa shape index (κ3) is 2.27. The molecule has 1 aromatic heterocycles. The Bertz CT molecular complexity index is 432. The van der Waals surface area contributed by atoms with Crippen molar-refractivity contribution in [3.63, 3.8) is 0 Å². The van der Waals surface area contributed by atoms with Crippen LogP contribution >= 0.6 is 27.3 Å². The van der Waals surface area contributed by atoms with E-state index in [2.05, 4.69) is 15.9 Å². The average molecular weight is 303 g/mol. The maximum atomic E-state index is 11.7. The van der Waals surface area contributed by atoms with Crippen molar-refractivity contribution in [2.75, 3.05) is 20.1 Å². The van der Waals surface area contributed by atoms with Gasteiger partial charge in [-0.25, -0.2) is 0 Å². The zero-order valence-electron chi connectivity index (χ0n) is 8.77. The van der Waals surface area contributed by atoms with Crippen molar-refractivity contribution in [1.82, 2.24) is 9.80 Å². The second-order valence-corrected chi connectivity index (χ2v) is 5.55. The van der Waals surface area contributed by atoms with Crippen LogP contribution in [0.3, 0.4) is 0 Å². The van der Waals surface area contributed by atoms with E-state index in [1.54, 1.807) is 23.3 Å². The van der Waals surface area contributed by atoms with Crippen molar-refractivity contribution in [2.24, 2.45) is 0 Å². The molecule has 0 aliphatic carbocycles. The van der Waals surface area contributed by atoms with Crippen LogP contribution in [0.15, 0.2) is 15.9 Å². The molecule has 86 valence electrons. The van der Waals surface area contributed by atoms with Gasteiger partial charge in [0.25, 0.3) is 0 Å². The molecule has 1 saturated heterocycles. The Balaban J connectivity index is 2.08. The van der Waals surface area contributed by atoms with Gasteiger partial charge in [0.05, 0.1) is 13.1 Å². The molecule has 2 amide bonds. The van der Waals surface area contributed by atoms with Crippen molar-refractivity contribution in [1.29, 1.82) is 0 Å². The van der Waals surface area contributed by atoms with Gasteiger partial charge < -0.3 is 9.80 Å². The number of likely N-dealkylation sites (N-methyl/N-ethyl adjacent to an activating group) is 1. The first-order valence-corrected chi connectivity index (χ1v) is 6.49. The second-order valence-electron chi connectivity index (χ2n) is 3.69. The topological polar surface area (TPSA) is 40.6 Å². The lowest BCUT2D eigenvalue weighted by molar-refractivity contribution is -0.149. The van der Waals surface area contributed by atoms with Crippen molar-refractivity contribution < 1.29 is 9.59 Å². The Morgan fingerprint density at radius 2 is 2.12 bits per heavy atom. The monoisotopic (exact) mass is 302 g/mol. The molecular weight excluding hydrogens is 292 g/mol. The number of piperazine rings is 1. The van der Waals surface area contributed by atoms with Gasteiger partial charge in [-0.2, -0.15) is 0 Å². The molecule has 0 atom stereocenters. The summed E-state index contributed by atoms with van der Waals surface area (Å²) in [5.74, 6) is -0.00493. The molecule has 2 rings (SSSR count). The predicted octanol–water partition coefficient (Wildman–Crippen LogP) is 1.31. The van der Waals surface area contributed by atoms with Crippen LogP contribution in [0.25, 0.3) is 0 Å². The maximum absolute atomic E-state index is 11.7. The van der Waals surface area contributed by atoms with Gasteiger partial charge in [-0.1, -0.05) is 0 Å². The highest BCUT2D eigenvalue weighted by Crippen LogP contribution is 2.24. The summed E-state index contributed by atoms with van der Waals surface area (Å²) >= 11 is 5.00. The molecule has 0 saturated carbocycles. The summed E-state index contributed by atoms with van der Waals surface area (Å²) in [6.45, 7) is 0.873. The van der Waals surface area contributed by atoms with Gasteiger partial charge in [0.15, 0.2) is 0 Å². The summed E-state index contributed by atoms with van der Waals surface area (Å²) in [5.41, 5.74) is 0. The van der Waals surface area contributed by atoms with E-state index in [9.17, 15) is 9.59 Å². The molecule has 1 fully saturated rings. The lowest BCUT2D eigenvalue weighted by atomic mass is 10.3. The quantitative estimate of drug-likeness (QED) is 0.826. The third-order valence-electron chi connectivity index (χ3n) is 2.50. The largest absolute Gasteiger partial charge is 0.335 e. The van der Waals surface area contributed by atoms with E-state index in [0.29, 0.717) is 6.54 Å². The fraction of sp³-hybridized carbons (Fsp3) is 0.400. The lowest BCUT2D eigenvalue weighted by Gasteiger charge is -2.31. The van der Waals surface area contributed by atoms with Gasteiger partial charge >= 0.3 is 0 Å². The highest BCUT2D eigenvalue weighted by molar-refractivity contribution is 9.10. The molecule has 16 heavy (non-hydrogen) atoms. The number of nitrogens with zero attached hydrogens (tertiary/aromatic N) is 2. The SMILES string of the molecule is CN1CC(=O)N(Cc2sccc2Br)CC1=O. The molecule has 1 aliphatic rings. The Hall–Kier alpha value is -0.880. The number of hydrogen-bond acceptors (Lipinski definition) is 3. The van der Waals surface area contributed by atoms with E-state index in [1.807, 2.05) is 11.4 Å². The van der Waals surface area contributed by atoms with Gasteiger partial charge in [0, 0.05) is 16.4 Å². The number of rotatable bonds is 2. The number of halogens is 1. The highest BCUT2D eigenvalue weighted by atomic mass is 79.9. The molecule has 6 heteroatoms. The van der Waals surface area contributed by atoms with Crippen LogP contribution in [0, 0.1) is 0 Å². The van der Waals surface area contributed by atoms with E-state index in [-0.39, 0.29) is 24.9 Å². The zero-order chi connectivity index (χ0) is 11.7. The van der Waals surface area contributed by atoms with E-state index in [0.717, 1.165) is 9.35 Å². The minimum atomic E-state index is -0.00715. The summed E-state index contributed by atoms with van der Waals surface area (Å²) in [6, 6.07) is 1.95. The Labute approximate surface area is 106 Å². The van der Waals surface area contributed by atoms with Crippen LogP contribution in [0.2, 0.25) is 0 Å². The van der Waals surface area contributed by atoms with Crippen molar-refractivity contribution in [2.45, 2.75) is 6.54 Å². The summed E-state index contributed by atoms with van der Waals surface area (Å²) < 4.78 is 0.997. The molecule has 1 aliphatic heterocycles. The molecule has 0 unspecified atom stereocenters. The highest BCUT2D eigenvalue weighted by Gasteiger charge is 2.27. The van der Waals surface area contributed by atoms with Gasteiger partial charge in [0.2, 0.25) is 11.8 Å². The fourth-order valence-corrected chi connectivity index (χ4v) is 3.01. The Morgan fingerprint density at radius 1 is 1.38 bits per heavy atom. The van der Waals surface area contributed by atoms with Crippen molar-refractivity contribution >= 4 is 39.1 Å². The van der Waals surface area contributed by atoms with Gasteiger partial charge in [0.1, 0.15) is 6.54 Å². The number of carbonyl (C=O) groups excluding carboxylic acids is 2. The van der Waals surface area contributed by atoms with Crippen LogP contribution in [0.1, 0.15) is 4.88 Å². The van der Waals surface area contributed by atoms with Gasteiger partial charge in [-0.3, -0.25) is 9.59 Å². The summed E-state index contributed by atoms with van der Waals surface area (Å²) in [7, 11) is 1.65. The van der Waals surface area contributed by atoms with E-state index >= 15 is 0 Å². The number of hydrogen-bond donors (Lipinski definition) is 0. The van der Waals surface area contributed by atoms with Crippen LogP contribution in [0.5, 0.6) is 0 Å². The molecule has 0 aromatic carbocycles. The molecule has 0 spiro atoms. The minimum Gasteiger partial charge on any atom is -0.335 e. The zero-order valence-corrected chi connectivity index (χ0v) is 11.2. The number of amides is 2. The average Bonchev–Trinajstić information content (AvgIpc) is 2.61. The van der Waals surface area contributed by atoms with E-state index in [4.69, 9.17) is 0 Å². The summed E-state index contributed by atoms with van der Waals surface area (Å²) in [5, 5.41) is 1.96. The predicted molar refractivity (Wildman–Crippen MR) is 65.1 cm³/mol. The molecule has 0 radical (unpaired) electrons. The normalized spacial score (nSPS) is 17.1. The maximum Gasteiger partial charge on any atom is 0.242 e. The molecule has 0 bridgehead atoms. The minimum absolute atomic E-state index is 0.00222. The van der Waals surface area contributed by atoms with E-state index in [1.165, 1.54) is 4.90 Å². The summed E-state index contributed by atoms with van der Waals surface area (Å²) in [6.07, 6.45) is 0. The van der Waals surface area contributed by atoms with Gasteiger partial charge in [-0.15, -0.1) is 11.3 Å². The smallest absolute Gasteiger partial charge is 0.242 e. The first kappa shape index (κ1) is 11.6. The molecule has 1 aromatic rings. The first-order chi connectivity index (χ1) is 7.58. The Morgan fingerprint density at radius 3 is 2.75 bits per heavy atom. The standard InChI is InChI=1S/C10H11BrN2O2S/c1-12-5-10(15)13(6-9(12)14)4-8-7(11)2-3-16-8/h2-3H,4-6H2,1H3. The second kappa shape index (κ2) is 4.55. The molecule has 2 heterocycles. The third-order valence-corrected chi connectivity index (χ3v) is 4.41. The molecular formula is C10H11BrN2O2S. The molecule has 4 nitrogen and oxygen atoms in total. The van der Waals surface area contributed by atoms with Crippen molar-refractivity contribution in [3.05, 3.63) is 20.8 Å². The Kier molecular flexibility index (Phi) is 3.30. The lowest BCUT2D eigenvalue weighted by Crippen LogP contribution is -2.51. The van der Waals surface area contributed by atoms with Gasteiger partial charge in [-0.05, 0) is 27.4 Å². The van der Waals surface area contributed by atoms with Crippen LogP contribution < -0.4 is 0 Å². The fourth-order valence-electron chi connectivity index (χ4n) is 1.52.